The van der Waals surface area contributed by atoms with Gasteiger partial charge in [0, 0.05) is 30.7 Å². The Hall–Kier alpha value is -4.13. The molecule has 0 radical (unpaired) electrons. The summed E-state index contributed by atoms with van der Waals surface area (Å²) in [6, 6.07) is 6.18. The van der Waals surface area contributed by atoms with Gasteiger partial charge in [0.05, 0.1) is 28.0 Å². The number of pyridine rings is 2. The molecule has 6 rings (SSSR count). The molecule has 5 aromatic rings. The standard InChI is InChI=1S/C25H21F3N8OS/c26-15-5-2-7-29-21(15)23-34-18-11-30-17(16-6-8-32-35-16)10-19(18)36(23)14-4-1-3-13(9-14)33-24(37)25-31-12-20(38-25)22(27)28/h2,5-8,10-14,22H,1,3-4,9H2,(H,32,35)(H,33,37)/t13-,14+/m0/s1. The maximum atomic E-state index is 14.9. The number of aromatic nitrogens is 7. The van der Waals surface area contributed by atoms with Crippen molar-refractivity contribution < 1.29 is 18.0 Å². The first-order chi connectivity index (χ1) is 18.5. The first-order valence-corrected chi connectivity index (χ1v) is 12.8. The van der Waals surface area contributed by atoms with Gasteiger partial charge in [0.15, 0.2) is 16.6 Å². The van der Waals surface area contributed by atoms with Crippen molar-refractivity contribution >= 4 is 28.3 Å². The van der Waals surface area contributed by atoms with Gasteiger partial charge in [-0.3, -0.25) is 14.9 Å². The maximum Gasteiger partial charge on any atom is 0.280 e. The lowest BCUT2D eigenvalue weighted by Gasteiger charge is -2.31. The molecule has 194 valence electrons. The van der Waals surface area contributed by atoms with Crippen molar-refractivity contribution in [3.05, 3.63) is 64.8 Å². The number of hydrogen-bond donors (Lipinski definition) is 2. The third kappa shape index (κ3) is 4.53. The average Bonchev–Trinajstić information content (AvgIpc) is 3.69. The number of H-pyrrole nitrogens is 1. The van der Waals surface area contributed by atoms with Gasteiger partial charge in [-0.1, -0.05) is 0 Å². The molecule has 5 heterocycles. The van der Waals surface area contributed by atoms with Crippen LogP contribution in [0.2, 0.25) is 0 Å². The number of nitrogens with zero attached hydrogens (tertiary/aromatic N) is 6. The Morgan fingerprint density at radius 3 is 2.82 bits per heavy atom. The molecule has 5 aromatic heterocycles. The Labute approximate surface area is 218 Å². The van der Waals surface area contributed by atoms with Gasteiger partial charge in [0.2, 0.25) is 0 Å². The van der Waals surface area contributed by atoms with Crippen LogP contribution in [0.5, 0.6) is 0 Å². The number of aromatic amines is 1. The molecule has 1 saturated carbocycles. The molecule has 0 saturated heterocycles. The van der Waals surface area contributed by atoms with Gasteiger partial charge < -0.3 is 9.88 Å². The molecule has 1 amide bonds. The highest BCUT2D eigenvalue weighted by molar-refractivity contribution is 7.13. The summed E-state index contributed by atoms with van der Waals surface area (Å²) in [7, 11) is 0. The number of hydrogen-bond acceptors (Lipinski definition) is 7. The minimum absolute atomic E-state index is 0.00187. The second-order valence-electron chi connectivity index (χ2n) is 9.03. The fourth-order valence-corrected chi connectivity index (χ4v) is 5.58. The lowest BCUT2D eigenvalue weighted by atomic mass is 9.90. The van der Waals surface area contributed by atoms with E-state index in [-0.39, 0.29) is 27.7 Å². The molecule has 2 atom stereocenters. The van der Waals surface area contributed by atoms with Crippen molar-refractivity contribution in [2.45, 2.75) is 44.2 Å². The SMILES string of the molecule is O=C(N[C@H]1CCC[C@@H](n2c(-c3ncccc3F)nc3cnc(-c4ccn[nH]4)cc32)C1)c1ncc(C(F)F)s1. The van der Waals surface area contributed by atoms with Crippen LogP contribution in [0.25, 0.3) is 33.9 Å². The van der Waals surface area contributed by atoms with Crippen LogP contribution in [0.4, 0.5) is 13.2 Å². The Morgan fingerprint density at radius 2 is 2.05 bits per heavy atom. The van der Waals surface area contributed by atoms with Crippen molar-refractivity contribution in [3.8, 4) is 22.9 Å². The van der Waals surface area contributed by atoms with Crippen molar-refractivity contribution in [3.63, 3.8) is 0 Å². The summed E-state index contributed by atoms with van der Waals surface area (Å²) in [6.07, 6.45) is 5.96. The molecule has 0 bridgehead atoms. The van der Waals surface area contributed by atoms with Crippen molar-refractivity contribution in [2.75, 3.05) is 0 Å². The quantitative estimate of drug-likeness (QED) is 0.302. The van der Waals surface area contributed by atoms with E-state index in [1.165, 1.54) is 18.3 Å². The number of nitrogens with one attached hydrogen (secondary N) is 2. The van der Waals surface area contributed by atoms with Crippen molar-refractivity contribution in [1.29, 1.82) is 0 Å². The van der Waals surface area contributed by atoms with Gasteiger partial charge in [0.25, 0.3) is 12.3 Å². The van der Waals surface area contributed by atoms with E-state index >= 15 is 0 Å². The number of thiazole rings is 1. The van der Waals surface area contributed by atoms with Crippen LogP contribution in [-0.4, -0.2) is 46.6 Å². The maximum absolute atomic E-state index is 14.9. The van der Waals surface area contributed by atoms with E-state index in [1.807, 2.05) is 10.6 Å². The van der Waals surface area contributed by atoms with Gasteiger partial charge in [-0.05, 0) is 49.9 Å². The zero-order chi connectivity index (χ0) is 26.2. The summed E-state index contributed by atoms with van der Waals surface area (Å²) >= 11 is 0.686. The van der Waals surface area contributed by atoms with Crippen LogP contribution in [0.3, 0.4) is 0 Å². The summed E-state index contributed by atoms with van der Waals surface area (Å²) in [4.78, 5) is 29.8. The fourth-order valence-electron chi connectivity index (χ4n) is 4.90. The number of halogens is 3. The Balaban J connectivity index is 1.36. The van der Waals surface area contributed by atoms with E-state index in [1.54, 1.807) is 18.5 Å². The van der Waals surface area contributed by atoms with Gasteiger partial charge in [-0.15, -0.1) is 11.3 Å². The van der Waals surface area contributed by atoms with Crippen molar-refractivity contribution in [2.24, 2.45) is 0 Å². The summed E-state index contributed by atoms with van der Waals surface area (Å²) in [6.45, 7) is 0. The number of imidazole rings is 1. The molecule has 9 nitrogen and oxygen atoms in total. The van der Waals surface area contributed by atoms with Crippen LogP contribution < -0.4 is 5.32 Å². The van der Waals surface area contributed by atoms with E-state index in [4.69, 9.17) is 4.98 Å². The van der Waals surface area contributed by atoms with Crippen LogP contribution in [-0.2, 0) is 0 Å². The largest absolute Gasteiger partial charge is 0.347 e. The predicted octanol–water partition coefficient (Wildman–Crippen LogP) is 5.33. The smallest absolute Gasteiger partial charge is 0.280 e. The lowest BCUT2D eigenvalue weighted by molar-refractivity contribution is 0.0920. The molecule has 0 aliphatic heterocycles. The molecule has 1 aliphatic rings. The van der Waals surface area contributed by atoms with Gasteiger partial charge in [0.1, 0.15) is 11.2 Å². The zero-order valence-electron chi connectivity index (χ0n) is 19.8. The minimum Gasteiger partial charge on any atom is -0.347 e. The first kappa shape index (κ1) is 24.2. The lowest BCUT2D eigenvalue weighted by Crippen LogP contribution is -2.39. The molecule has 1 fully saturated rings. The average molecular weight is 539 g/mol. The molecule has 1 aliphatic carbocycles. The molecule has 0 unspecified atom stereocenters. The van der Waals surface area contributed by atoms with E-state index in [0.29, 0.717) is 34.8 Å². The highest BCUT2D eigenvalue weighted by atomic mass is 32.1. The highest BCUT2D eigenvalue weighted by Crippen LogP contribution is 2.37. The second-order valence-corrected chi connectivity index (χ2v) is 10.1. The van der Waals surface area contributed by atoms with Crippen LogP contribution >= 0.6 is 11.3 Å². The number of carbonyl (C=O) groups excluding carboxylic acids is 1. The van der Waals surface area contributed by atoms with E-state index in [2.05, 4.69) is 30.5 Å². The van der Waals surface area contributed by atoms with Gasteiger partial charge in [-0.25, -0.2) is 28.1 Å². The Kier molecular flexibility index (Phi) is 6.35. The topological polar surface area (TPSA) is 114 Å². The molecular weight excluding hydrogens is 517 g/mol. The summed E-state index contributed by atoms with van der Waals surface area (Å²) in [5.74, 6) is -0.602. The molecule has 13 heteroatoms. The Morgan fingerprint density at radius 1 is 1.16 bits per heavy atom. The monoisotopic (exact) mass is 538 g/mol. The van der Waals surface area contributed by atoms with Crippen LogP contribution in [0, 0.1) is 5.82 Å². The third-order valence-electron chi connectivity index (χ3n) is 6.60. The van der Waals surface area contributed by atoms with Crippen LogP contribution in [0.15, 0.2) is 49.1 Å². The molecular formula is C25H21F3N8OS. The zero-order valence-corrected chi connectivity index (χ0v) is 20.6. The number of amides is 1. The summed E-state index contributed by atoms with van der Waals surface area (Å²) < 4.78 is 42.8. The van der Waals surface area contributed by atoms with E-state index < -0.39 is 18.1 Å². The third-order valence-corrected chi connectivity index (χ3v) is 7.61. The predicted molar refractivity (Wildman–Crippen MR) is 134 cm³/mol. The number of fused-ring (bicyclic) bond motifs is 1. The summed E-state index contributed by atoms with van der Waals surface area (Å²) in [5, 5.41) is 9.85. The Bertz CT molecular complexity index is 1600. The molecule has 0 spiro atoms. The minimum atomic E-state index is -2.67. The highest BCUT2D eigenvalue weighted by Gasteiger charge is 2.30. The van der Waals surface area contributed by atoms with Gasteiger partial charge >= 0.3 is 0 Å². The number of alkyl halides is 2. The van der Waals surface area contributed by atoms with Gasteiger partial charge in [-0.2, -0.15) is 5.10 Å². The summed E-state index contributed by atoms with van der Waals surface area (Å²) in [5.41, 5.74) is 2.85. The molecule has 2 N–H and O–H groups in total. The second kappa shape index (κ2) is 9.97. The van der Waals surface area contributed by atoms with E-state index in [0.717, 1.165) is 36.7 Å². The number of carbonyl (C=O) groups is 1. The first-order valence-electron chi connectivity index (χ1n) is 12.0. The molecule has 38 heavy (non-hydrogen) atoms. The van der Waals surface area contributed by atoms with Crippen molar-refractivity contribution in [1.82, 2.24) is 40.0 Å². The van der Waals surface area contributed by atoms with E-state index in [9.17, 15) is 18.0 Å². The fraction of sp³-hybridized carbons (Fsp3) is 0.280. The van der Waals surface area contributed by atoms with Crippen LogP contribution in [0.1, 0.15) is 52.8 Å². The molecule has 0 aromatic carbocycles. The normalized spacial score (nSPS) is 17.8. The number of rotatable bonds is 6.